The van der Waals surface area contributed by atoms with Crippen LogP contribution in [0.15, 0.2) is 78.9 Å². The van der Waals surface area contributed by atoms with E-state index in [2.05, 4.69) is 8.37 Å². The molecule has 12 heteroatoms. The van der Waals surface area contributed by atoms with E-state index in [1.807, 2.05) is 0 Å². The highest BCUT2D eigenvalue weighted by Gasteiger charge is 2.18. The number of hydrogen-bond donors (Lipinski definition) is 0. The molecule has 0 atom stereocenters. The summed E-state index contributed by atoms with van der Waals surface area (Å²) in [4.78, 5) is 0. The van der Waals surface area contributed by atoms with Gasteiger partial charge in [-0.25, -0.2) is 0 Å². The summed E-state index contributed by atoms with van der Waals surface area (Å²) in [5.74, 6) is -0.492. The van der Waals surface area contributed by atoms with E-state index >= 15 is 0 Å². The summed E-state index contributed by atoms with van der Waals surface area (Å²) < 4.78 is 88.2. The lowest BCUT2D eigenvalue weighted by atomic mass is 10.2. The molecule has 0 N–H and O–H groups in total. The van der Waals surface area contributed by atoms with E-state index in [1.165, 1.54) is 36.4 Å². The van der Waals surface area contributed by atoms with Crippen LogP contribution in [0.4, 0.5) is 7.77 Å². The smallest absolute Gasteiger partial charge is 0.450 e. The topological polar surface area (TPSA) is 105 Å². The molecule has 0 amide bonds. The zero-order chi connectivity index (χ0) is 22.5. The molecule has 3 aromatic rings. The summed E-state index contributed by atoms with van der Waals surface area (Å²) in [7, 11) is -10.4. The monoisotopic (exact) mass is 472 g/mol. The minimum atomic E-state index is -5.22. The second-order valence-corrected chi connectivity index (χ2v) is 7.79. The third-order valence-electron chi connectivity index (χ3n) is 3.56. The maximum Gasteiger partial charge on any atom is 0.488 e. The fourth-order valence-corrected chi connectivity index (χ4v) is 3.11. The lowest BCUT2D eigenvalue weighted by Crippen LogP contribution is -2.15. The maximum absolute atomic E-state index is 12.8. The summed E-state index contributed by atoms with van der Waals surface area (Å²) in [5, 5.41) is 0. The minimum absolute atomic E-state index is 0.0775. The molecule has 3 rings (SSSR count). The van der Waals surface area contributed by atoms with Crippen molar-refractivity contribution < 1.29 is 42.4 Å². The first-order chi connectivity index (χ1) is 14.6. The molecule has 0 aliphatic rings. The van der Waals surface area contributed by atoms with Crippen molar-refractivity contribution in [2.24, 2.45) is 0 Å². The normalized spacial score (nSPS) is 11.7. The summed E-state index contributed by atoms with van der Waals surface area (Å²) in [6.07, 6.45) is -1.12. The molecule has 0 saturated heterocycles. The van der Waals surface area contributed by atoms with Crippen molar-refractivity contribution in [3.05, 3.63) is 84.4 Å². The second-order valence-electron chi connectivity index (χ2n) is 5.88. The van der Waals surface area contributed by atoms with E-state index in [-0.39, 0.29) is 23.0 Å². The van der Waals surface area contributed by atoms with Gasteiger partial charge in [-0.2, -0.15) is 16.8 Å². The van der Waals surface area contributed by atoms with Crippen LogP contribution in [-0.4, -0.2) is 16.8 Å². The van der Waals surface area contributed by atoms with Crippen molar-refractivity contribution in [2.75, 3.05) is 0 Å². The lowest BCUT2D eigenvalue weighted by molar-refractivity contribution is 0.00368. The van der Waals surface area contributed by atoms with Crippen LogP contribution >= 0.6 is 0 Å². The molecular weight excluding hydrogens is 458 g/mol. The Morgan fingerprint density at radius 1 is 0.581 bits per heavy atom. The van der Waals surface area contributed by atoms with Crippen LogP contribution in [0, 0.1) is 0 Å². The number of benzene rings is 3. The molecule has 0 unspecified atom stereocenters. The van der Waals surface area contributed by atoms with Crippen LogP contribution in [-0.2, 0) is 21.0 Å². The van der Waals surface area contributed by atoms with Crippen molar-refractivity contribution in [2.45, 2.75) is 6.29 Å². The SMILES string of the molecule is O=S(=O)(F)Oc1cccc(OC(Oc2cccc(OS(=O)(=O)F)c2)c2ccccc2)c1. The average molecular weight is 472 g/mol. The zero-order valence-corrected chi connectivity index (χ0v) is 17.1. The molecule has 31 heavy (non-hydrogen) atoms. The van der Waals surface area contributed by atoms with Crippen molar-refractivity contribution in [1.82, 2.24) is 0 Å². The third kappa shape index (κ3) is 7.42. The molecule has 0 spiro atoms. The van der Waals surface area contributed by atoms with Gasteiger partial charge in [-0.1, -0.05) is 50.2 Å². The van der Waals surface area contributed by atoms with E-state index in [9.17, 15) is 24.6 Å². The Morgan fingerprint density at radius 3 is 1.42 bits per heavy atom. The van der Waals surface area contributed by atoms with Crippen LogP contribution in [0.3, 0.4) is 0 Å². The zero-order valence-electron chi connectivity index (χ0n) is 15.4. The molecule has 0 heterocycles. The molecule has 3 aromatic carbocycles. The highest BCUT2D eigenvalue weighted by molar-refractivity contribution is 7.82. The minimum Gasteiger partial charge on any atom is -0.450 e. The van der Waals surface area contributed by atoms with Gasteiger partial charge < -0.3 is 17.8 Å². The van der Waals surface area contributed by atoms with E-state index in [0.29, 0.717) is 5.56 Å². The van der Waals surface area contributed by atoms with Gasteiger partial charge >= 0.3 is 21.0 Å². The molecule has 8 nitrogen and oxygen atoms in total. The van der Waals surface area contributed by atoms with Crippen LogP contribution in [0.1, 0.15) is 11.9 Å². The number of halogens is 2. The molecule has 164 valence electrons. The van der Waals surface area contributed by atoms with Crippen LogP contribution in [0.2, 0.25) is 0 Å². The van der Waals surface area contributed by atoms with Gasteiger partial charge in [-0.3, -0.25) is 0 Å². The van der Waals surface area contributed by atoms with E-state index < -0.39 is 27.3 Å². The molecular formula is C19H14F2O8S2. The first kappa shape index (κ1) is 22.3. The van der Waals surface area contributed by atoms with Crippen LogP contribution in [0.25, 0.3) is 0 Å². The molecule has 0 aromatic heterocycles. The Morgan fingerprint density at radius 2 is 1.00 bits per heavy atom. The number of hydrogen-bond acceptors (Lipinski definition) is 8. The Kier molecular flexibility index (Phi) is 6.61. The average Bonchev–Trinajstić information content (AvgIpc) is 2.66. The maximum atomic E-state index is 12.8. The molecule has 0 radical (unpaired) electrons. The van der Waals surface area contributed by atoms with E-state index in [0.717, 1.165) is 12.1 Å². The van der Waals surface area contributed by atoms with E-state index in [1.54, 1.807) is 30.3 Å². The number of rotatable bonds is 9. The van der Waals surface area contributed by atoms with Gasteiger partial charge in [0.25, 0.3) is 6.29 Å². The molecule has 0 saturated carbocycles. The first-order valence-corrected chi connectivity index (χ1v) is 11.1. The highest BCUT2D eigenvalue weighted by atomic mass is 32.3. The van der Waals surface area contributed by atoms with Crippen LogP contribution in [0.5, 0.6) is 23.0 Å². The fraction of sp³-hybridized carbons (Fsp3) is 0.0526. The predicted molar refractivity (Wildman–Crippen MR) is 105 cm³/mol. The summed E-state index contributed by atoms with van der Waals surface area (Å²) in [6, 6.07) is 18.8. The molecule has 0 aliphatic heterocycles. The van der Waals surface area contributed by atoms with Gasteiger partial charge in [-0.05, 0) is 24.3 Å². The Bertz CT molecular complexity index is 1170. The standard InChI is InChI=1S/C19H14F2O8S2/c20-30(22,23)28-17-10-4-8-15(12-17)26-19(14-6-2-1-3-7-14)27-16-9-5-11-18(13-16)29-31(21,24)25/h1-13,19H. The summed E-state index contributed by atoms with van der Waals surface area (Å²) in [5.41, 5.74) is 0.524. The molecule has 0 aliphatic carbocycles. The third-order valence-corrected chi connectivity index (χ3v) is 4.34. The second kappa shape index (κ2) is 9.18. The summed E-state index contributed by atoms with van der Waals surface area (Å²) in [6.45, 7) is 0. The molecule has 0 fully saturated rings. The largest absolute Gasteiger partial charge is 0.488 e. The predicted octanol–water partition coefficient (Wildman–Crippen LogP) is 4.03. The van der Waals surface area contributed by atoms with E-state index in [4.69, 9.17) is 9.47 Å². The van der Waals surface area contributed by atoms with Crippen molar-refractivity contribution >= 4 is 21.0 Å². The Labute approximate surface area is 177 Å². The Hall–Kier alpha value is -3.38. The van der Waals surface area contributed by atoms with Gasteiger partial charge in [0.2, 0.25) is 0 Å². The van der Waals surface area contributed by atoms with Crippen molar-refractivity contribution in [1.29, 1.82) is 0 Å². The lowest BCUT2D eigenvalue weighted by Gasteiger charge is -2.21. The highest BCUT2D eigenvalue weighted by Crippen LogP contribution is 2.30. The first-order valence-electron chi connectivity index (χ1n) is 8.44. The Balaban J connectivity index is 1.87. The number of ether oxygens (including phenoxy) is 2. The van der Waals surface area contributed by atoms with Crippen molar-refractivity contribution in [3.63, 3.8) is 0 Å². The van der Waals surface area contributed by atoms with Crippen molar-refractivity contribution in [3.8, 4) is 23.0 Å². The van der Waals surface area contributed by atoms with Gasteiger partial charge in [0, 0.05) is 17.7 Å². The summed E-state index contributed by atoms with van der Waals surface area (Å²) >= 11 is 0. The quantitative estimate of drug-likeness (QED) is 0.340. The fourth-order valence-electron chi connectivity index (χ4n) is 2.45. The molecule has 0 bridgehead atoms. The van der Waals surface area contributed by atoms with Gasteiger partial charge in [0.1, 0.15) is 23.0 Å². The van der Waals surface area contributed by atoms with Gasteiger partial charge in [0.05, 0.1) is 0 Å². The van der Waals surface area contributed by atoms with Crippen LogP contribution < -0.4 is 17.8 Å². The van der Waals surface area contributed by atoms with Gasteiger partial charge in [0.15, 0.2) is 0 Å². The van der Waals surface area contributed by atoms with Gasteiger partial charge in [-0.15, -0.1) is 0 Å².